The predicted molar refractivity (Wildman–Crippen MR) is 384 cm³/mol. The number of aromatic nitrogens is 10. The lowest BCUT2D eigenvalue weighted by molar-refractivity contribution is 0.415. The summed E-state index contributed by atoms with van der Waals surface area (Å²) < 4.78 is 15.9. The number of hydrogen-bond donors (Lipinski definition) is 0. The highest BCUT2D eigenvalue weighted by Gasteiger charge is 2.17. The standard InChI is InChI=1S/C20H16N2.C19H14N2.C16H16N2O.2C14H12N2/c1-15-10-12-17(13-11-15)20-21-19(16-7-3-2-4-8-16)18-9-5-6-14-22(18)20;1-3-9-15(10-4-1)18-17-13-7-8-14-21(17)19(20-18)16-11-5-2-6-12-16;1-3-15-17-16(14-6-4-5-11-18(14)15)12-7-9-13(19-2)10-8-12;1-11-15-14(12-7-3-2-4-8-12)13-9-5-6-10-16(11)13;1-11-13-9-5-6-10-16(13)14(15-11)12-7-3-2-4-8-12/h2-14H,1H3;1-14H;4-11H,3H2,1-2H3;2*2-10H,1H3. The molecule has 0 saturated carbocycles. The fraction of sp³-hybridized carbons (Fsp3) is 0.0723. The van der Waals surface area contributed by atoms with Gasteiger partial charge in [-0.1, -0.05) is 219 Å². The monoisotopic (exact) mass is 1220 g/mol. The van der Waals surface area contributed by atoms with Gasteiger partial charge >= 0.3 is 0 Å². The van der Waals surface area contributed by atoms with Crippen molar-refractivity contribution in [3.63, 3.8) is 0 Å². The van der Waals surface area contributed by atoms with E-state index < -0.39 is 0 Å². The minimum Gasteiger partial charge on any atom is -0.497 e. The molecule has 0 radical (unpaired) electrons. The zero-order valence-corrected chi connectivity index (χ0v) is 53.2. The highest BCUT2D eigenvalue weighted by molar-refractivity contribution is 5.83. The molecule has 0 aliphatic carbocycles. The van der Waals surface area contributed by atoms with Gasteiger partial charge in [0.05, 0.1) is 63.2 Å². The van der Waals surface area contributed by atoms with Gasteiger partial charge in [-0.05, 0) is 106 Å². The molecule has 0 unspecified atom stereocenters. The van der Waals surface area contributed by atoms with Crippen molar-refractivity contribution >= 4 is 27.6 Å². The van der Waals surface area contributed by atoms with Crippen molar-refractivity contribution in [3.8, 4) is 84.9 Å². The molecule has 0 spiro atoms. The van der Waals surface area contributed by atoms with Gasteiger partial charge in [0.25, 0.3) is 0 Å². The Hall–Kier alpha value is -12.2. The minimum absolute atomic E-state index is 0.864. The third-order valence-electron chi connectivity index (χ3n) is 16.4. The molecular weight excluding hydrogens is 1150 g/mol. The second-order valence-electron chi connectivity index (χ2n) is 22.5. The quantitative estimate of drug-likeness (QED) is 0.143. The van der Waals surface area contributed by atoms with Crippen LogP contribution in [0.2, 0.25) is 0 Å². The van der Waals surface area contributed by atoms with Crippen LogP contribution in [-0.2, 0) is 6.42 Å². The highest BCUT2D eigenvalue weighted by atomic mass is 16.5. The van der Waals surface area contributed by atoms with Crippen LogP contribution >= 0.6 is 0 Å². The summed E-state index contributed by atoms with van der Waals surface area (Å²) in [6, 6.07) is 99.0. The molecule has 0 bridgehead atoms. The van der Waals surface area contributed by atoms with Crippen LogP contribution in [-0.4, -0.2) is 54.0 Å². The van der Waals surface area contributed by atoms with Crippen LogP contribution in [0.4, 0.5) is 0 Å². The predicted octanol–water partition coefficient (Wildman–Crippen LogP) is 19.8. The third-order valence-corrected chi connectivity index (χ3v) is 16.4. The summed E-state index contributed by atoms with van der Waals surface area (Å²) in [5, 5.41) is 0. The van der Waals surface area contributed by atoms with Crippen LogP contribution in [0.3, 0.4) is 0 Å². The average molecular weight is 1220 g/mol. The Labute approximate surface area is 547 Å². The summed E-state index contributed by atoms with van der Waals surface area (Å²) in [7, 11) is 1.68. The zero-order valence-electron chi connectivity index (χ0n) is 53.2. The van der Waals surface area contributed by atoms with Gasteiger partial charge in [0, 0.05) is 76.3 Å². The van der Waals surface area contributed by atoms with E-state index in [4.69, 9.17) is 19.7 Å². The molecule has 0 amide bonds. The van der Waals surface area contributed by atoms with E-state index >= 15 is 0 Å². The fourth-order valence-corrected chi connectivity index (χ4v) is 11.7. The Morgan fingerprint density at radius 1 is 0.277 bits per heavy atom. The Balaban J connectivity index is 0.000000107. The van der Waals surface area contributed by atoms with Crippen LogP contribution in [0, 0.1) is 20.8 Å². The molecule has 17 rings (SSSR count). The minimum atomic E-state index is 0.864. The summed E-state index contributed by atoms with van der Waals surface area (Å²) in [6.45, 7) is 8.30. The molecule has 7 aromatic carbocycles. The molecule has 11 heteroatoms. The molecule has 0 aliphatic heterocycles. The van der Waals surface area contributed by atoms with E-state index in [0.717, 1.165) is 125 Å². The first-order valence-electron chi connectivity index (χ1n) is 31.6. The largest absolute Gasteiger partial charge is 0.497 e. The van der Waals surface area contributed by atoms with Crippen molar-refractivity contribution in [3.05, 3.63) is 345 Å². The molecule has 0 saturated heterocycles. The topological polar surface area (TPSA) is 95.7 Å². The van der Waals surface area contributed by atoms with Crippen molar-refractivity contribution in [2.45, 2.75) is 34.1 Å². The number of fused-ring (bicyclic) bond motifs is 5. The summed E-state index contributed by atoms with van der Waals surface area (Å²) in [5.41, 5.74) is 20.2. The first kappa shape index (κ1) is 60.7. The van der Waals surface area contributed by atoms with Crippen molar-refractivity contribution in [2.24, 2.45) is 0 Å². The number of imidazole rings is 5. The first-order valence-corrected chi connectivity index (χ1v) is 31.6. The van der Waals surface area contributed by atoms with Crippen molar-refractivity contribution in [2.75, 3.05) is 7.11 Å². The van der Waals surface area contributed by atoms with E-state index in [1.54, 1.807) is 7.11 Å². The molecular formula is C83H70N10O. The van der Waals surface area contributed by atoms with Crippen LogP contribution < -0.4 is 4.74 Å². The maximum Gasteiger partial charge on any atom is 0.145 e. The van der Waals surface area contributed by atoms with Gasteiger partial charge in [-0.3, -0.25) is 13.2 Å². The number of ether oxygens (including phenoxy) is 1. The number of methoxy groups -OCH3 is 1. The van der Waals surface area contributed by atoms with Crippen molar-refractivity contribution in [1.29, 1.82) is 0 Å². The normalized spacial score (nSPS) is 10.9. The van der Waals surface area contributed by atoms with E-state index in [1.165, 1.54) is 16.6 Å². The van der Waals surface area contributed by atoms with Crippen molar-refractivity contribution in [1.82, 2.24) is 46.9 Å². The van der Waals surface area contributed by atoms with Crippen LogP contribution in [0.1, 0.15) is 29.8 Å². The summed E-state index contributed by atoms with van der Waals surface area (Å²) in [6.07, 6.45) is 11.2. The molecule has 0 N–H and O–H groups in total. The highest BCUT2D eigenvalue weighted by Crippen LogP contribution is 2.33. The molecule has 11 nitrogen and oxygen atoms in total. The molecule has 94 heavy (non-hydrogen) atoms. The van der Waals surface area contributed by atoms with Crippen LogP contribution in [0.15, 0.2) is 322 Å². The van der Waals surface area contributed by atoms with Gasteiger partial charge < -0.3 is 13.5 Å². The molecule has 17 aromatic rings. The van der Waals surface area contributed by atoms with Gasteiger partial charge in [-0.2, -0.15) is 0 Å². The fourth-order valence-electron chi connectivity index (χ4n) is 11.7. The van der Waals surface area contributed by atoms with Crippen LogP contribution in [0.5, 0.6) is 5.75 Å². The Morgan fingerprint density at radius 3 is 1.02 bits per heavy atom. The molecule has 0 fully saturated rings. The van der Waals surface area contributed by atoms with E-state index in [9.17, 15) is 0 Å². The average Bonchev–Trinajstić information content (AvgIpc) is 1.68. The smallest absolute Gasteiger partial charge is 0.145 e. The lowest BCUT2D eigenvalue weighted by Crippen LogP contribution is -1.90. The molecule has 0 aliphatic rings. The van der Waals surface area contributed by atoms with Crippen molar-refractivity contribution < 1.29 is 4.74 Å². The zero-order chi connectivity index (χ0) is 64.2. The molecule has 458 valence electrons. The summed E-state index contributed by atoms with van der Waals surface area (Å²) in [4.78, 5) is 23.8. The third kappa shape index (κ3) is 13.1. The lowest BCUT2D eigenvalue weighted by Gasteiger charge is -2.01. The number of rotatable bonds is 9. The number of hydrogen-bond acceptors (Lipinski definition) is 6. The van der Waals surface area contributed by atoms with E-state index in [1.807, 2.05) is 172 Å². The number of pyridine rings is 5. The van der Waals surface area contributed by atoms with Gasteiger partial charge in [0.15, 0.2) is 0 Å². The molecule has 10 heterocycles. The van der Waals surface area contributed by atoms with Gasteiger partial charge in [-0.15, -0.1) is 0 Å². The number of benzene rings is 7. The second-order valence-corrected chi connectivity index (χ2v) is 22.5. The number of aryl methyl sites for hydroxylation is 4. The van der Waals surface area contributed by atoms with Gasteiger partial charge in [0.2, 0.25) is 0 Å². The Morgan fingerprint density at radius 2 is 0.585 bits per heavy atom. The van der Waals surface area contributed by atoms with E-state index in [0.29, 0.717) is 0 Å². The molecule has 10 aromatic heterocycles. The SMILES string of the molecule is CCc1nc(-c2ccc(OC)cc2)c2ccccn12.Cc1ccc(-c2nc(-c3ccccc3)c3ccccn23)cc1.Cc1nc(-c2ccccc2)c2ccccn12.Cc1nc(-c2ccccc2)n2ccccc12.c1ccc(-c2nc(-c3ccccc3)n3ccccc23)cc1. The number of nitrogens with zero attached hydrogens (tertiary/aromatic N) is 10. The maximum absolute atomic E-state index is 5.19. The van der Waals surface area contributed by atoms with Crippen LogP contribution in [0.25, 0.3) is 107 Å². The summed E-state index contributed by atoms with van der Waals surface area (Å²) in [5.74, 6) is 5.94. The first-order chi connectivity index (χ1) is 46.3. The maximum atomic E-state index is 5.19. The van der Waals surface area contributed by atoms with E-state index in [2.05, 4.69) is 210 Å². The lowest BCUT2D eigenvalue weighted by atomic mass is 10.1. The van der Waals surface area contributed by atoms with E-state index in [-0.39, 0.29) is 0 Å². The Kier molecular flexibility index (Phi) is 18.3. The van der Waals surface area contributed by atoms with Gasteiger partial charge in [-0.25, -0.2) is 24.9 Å². The van der Waals surface area contributed by atoms with Gasteiger partial charge in [0.1, 0.15) is 34.9 Å². The molecule has 0 atom stereocenters. The second kappa shape index (κ2) is 28.3. The Bertz CT molecular complexity index is 5100. The summed E-state index contributed by atoms with van der Waals surface area (Å²) >= 11 is 0.